The van der Waals surface area contributed by atoms with Gasteiger partial charge in [-0.05, 0) is 23.6 Å². The van der Waals surface area contributed by atoms with E-state index in [2.05, 4.69) is 29.1 Å². The molecule has 0 radical (unpaired) electrons. The lowest BCUT2D eigenvalue weighted by atomic mass is 10.00. The minimum absolute atomic E-state index is 0.167. The second-order valence-corrected chi connectivity index (χ2v) is 8.56. The van der Waals surface area contributed by atoms with Gasteiger partial charge >= 0.3 is 0 Å². The first-order valence-electron chi connectivity index (χ1n) is 7.54. The highest BCUT2D eigenvalue weighted by molar-refractivity contribution is 8.00. The number of thioether (sulfide) groups is 1. The molecule has 9 heteroatoms. The van der Waals surface area contributed by atoms with Crippen LogP contribution in [-0.4, -0.2) is 19.8 Å². The minimum atomic E-state index is -0.167. The van der Waals surface area contributed by atoms with Gasteiger partial charge in [0.2, 0.25) is 4.96 Å². The van der Waals surface area contributed by atoms with Crippen LogP contribution in [0.2, 0.25) is 10.0 Å². The number of hydrogen-bond acceptors (Lipinski definition) is 6. The minimum Gasteiger partial charge on any atom is -0.321 e. The van der Waals surface area contributed by atoms with E-state index in [-0.39, 0.29) is 6.04 Å². The van der Waals surface area contributed by atoms with Gasteiger partial charge < -0.3 is 5.73 Å². The van der Waals surface area contributed by atoms with Crippen LogP contribution in [0.3, 0.4) is 0 Å². The van der Waals surface area contributed by atoms with E-state index in [0.717, 1.165) is 32.9 Å². The van der Waals surface area contributed by atoms with Crippen molar-refractivity contribution in [3.63, 3.8) is 0 Å². The highest BCUT2D eigenvalue weighted by Crippen LogP contribution is 2.31. The largest absolute Gasteiger partial charge is 0.321 e. The van der Waals surface area contributed by atoms with Crippen LogP contribution >= 0.6 is 46.3 Å². The van der Waals surface area contributed by atoms with E-state index < -0.39 is 0 Å². The van der Waals surface area contributed by atoms with Crippen molar-refractivity contribution < 1.29 is 0 Å². The first kappa shape index (κ1) is 17.9. The van der Waals surface area contributed by atoms with Crippen molar-refractivity contribution in [1.82, 2.24) is 19.8 Å². The van der Waals surface area contributed by atoms with Crippen LogP contribution in [0.25, 0.3) is 4.96 Å². The third-order valence-electron chi connectivity index (χ3n) is 3.90. The molecule has 24 heavy (non-hydrogen) atoms. The van der Waals surface area contributed by atoms with E-state index >= 15 is 0 Å². The Bertz CT molecular complexity index is 848. The van der Waals surface area contributed by atoms with Crippen LogP contribution in [0.15, 0.2) is 22.5 Å². The summed E-state index contributed by atoms with van der Waals surface area (Å²) < 4.78 is 2.68. The Kier molecular flexibility index (Phi) is 5.66. The highest BCUT2D eigenvalue weighted by atomic mass is 35.5. The predicted molar refractivity (Wildman–Crippen MR) is 101 cm³/mol. The van der Waals surface area contributed by atoms with Crippen LogP contribution in [0.4, 0.5) is 0 Å². The van der Waals surface area contributed by atoms with Crippen molar-refractivity contribution in [1.29, 1.82) is 0 Å². The van der Waals surface area contributed by atoms with Gasteiger partial charge in [0.25, 0.3) is 0 Å². The summed E-state index contributed by atoms with van der Waals surface area (Å²) in [6, 6.07) is 5.48. The lowest BCUT2D eigenvalue weighted by molar-refractivity contribution is 0.431. The van der Waals surface area contributed by atoms with Crippen molar-refractivity contribution in [2.75, 3.05) is 0 Å². The average Bonchev–Trinajstić information content (AvgIpc) is 3.14. The van der Waals surface area contributed by atoms with Gasteiger partial charge in [-0.15, -0.1) is 15.3 Å². The molecule has 0 saturated carbocycles. The zero-order chi connectivity index (χ0) is 17.3. The summed E-state index contributed by atoms with van der Waals surface area (Å²) in [7, 11) is 0. The molecule has 0 bridgehead atoms. The summed E-state index contributed by atoms with van der Waals surface area (Å²) in [6.07, 6.45) is 0.985. The lowest BCUT2D eigenvalue weighted by Gasteiger charge is -2.15. The summed E-state index contributed by atoms with van der Waals surface area (Å²) in [4.78, 5) is 0.764. The van der Waals surface area contributed by atoms with Crippen LogP contribution in [0.5, 0.6) is 0 Å². The number of nitrogens with zero attached hydrogens (tertiary/aromatic N) is 4. The van der Waals surface area contributed by atoms with Gasteiger partial charge in [0.05, 0.1) is 16.1 Å². The SMILES string of the molecule is CC[C@H](C)[C@H](N)c1nnc2sc(SCc3ccc(Cl)c(Cl)c3)nn12. The molecule has 0 spiro atoms. The van der Waals surface area contributed by atoms with Crippen molar-refractivity contribution in [2.45, 2.75) is 36.4 Å². The van der Waals surface area contributed by atoms with Crippen molar-refractivity contribution in [3.05, 3.63) is 39.6 Å². The summed E-state index contributed by atoms with van der Waals surface area (Å²) in [6.45, 7) is 4.22. The molecular formula is C15H17Cl2N5S2. The normalized spacial score (nSPS) is 14.2. The second-order valence-electron chi connectivity index (χ2n) is 5.57. The van der Waals surface area contributed by atoms with Crippen molar-refractivity contribution >= 4 is 51.3 Å². The lowest BCUT2D eigenvalue weighted by Crippen LogP contribution is -2.21. The second kappa shape index (κ2) is 7.58. The van der Waals surface area contributed by atoms with Gasteiger partial charge in [0.1, 0.15) is 0 Å². The standard InChI is InChI=1S/C15H17Cl2N5S2/c1-3-8(2)12(18)13-19-20-14-22(13)21-15(24-14)23-7-9-4-5-10(16)11(17)6-9/h4-6,8,12H,3,7,18H2,1-2H3/t8-,12-/m0/s1. The summed E-state index contributed by atoms with van der Waals surface area (Å²) in [5.74, 6) is 1.80. The van der Waals surface area contributed by atoms with E-state index in [9.17, 15) is 0 Å². The quantitative estimate of drug-likeness (QED) is 0.598. The number of nitrogens with two attached hydrogens (primary N) is 1. The molecule has 0 amide bonds. The molecule has 3 rings (SSSR count). The molecule has 2 N–H and O–H groups in total. The van der Waals surface area contributed by atoms with E-state index in [0.29, 0.717) is 16.0 Å². The predicted octanol–water partition coefficient (Wildman–Crippen LogP) is 4.83. The number of benzene rings is 1. The Morgan fingerprint density at radius 1 is 1.29 bits per heavy atom. The Hall–Kier alpha value is -0.860. The monoisotopic (exact) mass is 401 g/mol. The molecule has 0 aliphatic rings. The van der Waals surface area contributed by atoms with E-state index in [4.69, 9.17) is 28.9 Å². The Labute approximate surface area is 158 Å². The first-order chi connectivity index (χ1) is 11.5. The molecule has 0 fully saturated rings. The van der Waals surface area contributed by atoms with Crippen molar-refractivity contribution in [3.8, 4) is 0 Å². The number of hydrogen-bond donors (Lipinski definition) is 1. The topological polar surface area (TPSA) is 69.1 Å². The van der Waals surface area contributed by atoms with Gasteiger partial charge in [-0.25, -0.2) is 0 Å². The molecule has 2 atom stereocenters. The molecule has 0 unspecified atom stereocenters. The zero-order valence-corrected chi connectivity index (χ0v) is 16.4. The highest BCUT2D eigenvalue weighted by Gasteiger charge is 2.21. The summed E-state index contributed by atoms with van der Waals surface area (Å²) >= 11 is 15.1. The first-order valence-corrected chi connectivity index (χ1v) is 10.1. The third kappa shape index (κ3) is 3.70. The fraction of sp³-hybridized carbons (Fsp3) is 0.400. The van der Waals surface area contributed by atoms with Gasteiger partial charge in [-0.3, -0.25) is 0 Å². The van der Waals surface area contributed by atoms with E-state index in [1.165, 1.54) is 11.3 Å². The van der Waals surface area contributed by atoms with E-state index in [1.54, 1.807) is 16.3 Å². The van der Waals surface area contributed by atoms with Gasteiger partial charge in [0, 0.05) is 5.75 Å². The molecule has 128 valence electrons. The Balaban J connectivity index is 1.76. The Morgan fingerprint density at radius 2 is 2.08 bits per heavy atom. The zero-order valence-electron chi connectivity index (χ0n) is 13.2. The molecule has 2 aromatic heterocycles. The maximum atomic E-state index is 6.27. The van der Waals surface area contributed by atoms with Gasteiger partial charge in [-0.1, -0.05) is 72.6 Å². The number of rotatable bonds is 6. The van der Waals surface area contributed by atoms with Crippen molar-refractivity contribution in [2.24, 2.45) is 11.7 Å². The molecule has 0 saturated heterocycles. The van der Waals surface area contributed by atoms with Crippen LogP contribution < -0.4 is 5.73 Å². The Morgan fingerprint density at radius 3 is 2.79 bits per heavy atom. The fourth-order valence-corrected chi connectivity index (χ4v) is 4.31. The fourth-order valence-electron chi connectivity index (χ4n) is 2.16. The van der Waals surface area contributed by atoms with E-state index in [1.807, 2.05) is 18.2 Å². The maximum Gasteiger partial charge on any atom is 0.235 e. The third-order valence-corrected chi connectivity index (χ3v) is 6.74. The van der Waals surface area contributed by atoms with Crippen LogP contribution in [0.1, 0.15) is 37.7 Å². The number of fused-ring (bicyclic) bond motifs is 1. The molecule has 2 heterocycles. The molecule has 1 aromatic carbocycles. The molecular weight excluding hydrogens is 385 g/mol. The molecule has 0 aliphatic carbocycles. The van der Waals surface area contributed by atoms with Gasteiger partial charge in [-0.2, -0.15) is 4.52 Å². The van der Waals surface area contributed by atoms with Crippen LogP contribution in [0, 0.1) is 5.92 Å². The summed E-state index contributed by atoms with van der Waals surface area (Å²) in [5.41, 5.74) is 7.37. The number of halogens is 2. The number of aromatic nitrogens is 4. The van der Waals surface area contributed by atoms with Gasteiger partial charge in [0.15, 0.2) is 10.2 Å². The maximum absolute atomic E-state index is 6.27. The van der Waals surface area contributed by atoms with Crippen LogP contribution in [-0.2, 0) is 5.75 Å². The molecule has 5 nitrogen and oxygen atoms in total. The molecule has 0 aliphatic heterocycles. The average molecular weight is 402 g/mol. The smallest absolute Gasteiger partial charge is 0.235 e. The molecule has 3 aromatic rings. The summed E-state index contributed by atoms with van der Waals surface area (Å²) in [5, 5.41) is 14.1.